The Balaban J connectivity index is 0.00000144. The molecule has 1 fully saturated rings. The zero-order chi connectivity index (χ0) is 11.8. The van der Waals surface area contributed by atoms with Gasteiger partial charge in [0.05, 0.1) is 16.3 Å². The van der Waals surface area contributed by atoms with Crippen LogP contribution in [0.25, 0.3) is 0 Å². The Morgan fingerprint density at radius 1 is 1.41 bits per heavy atom. The Kier molecular flexibility index (Phi) is 4.63. The third kappa shape index (κ3) is 4.01. The van der Waals surface area contributed by atoms with E-state index in [9.17, 15) is 13.2 Å². The first-order valence-electron chi connectivity index (χ1n) is 4.92. The van der Waals surface area contributed by atoms with Crippen LogP contribution in [-0.4, -0.2) is 11.0 Å². The van der Waals surface area contributed by atoms with Crippen molar-refractivity contribution >= 4 is 24.0 Å². The number of halogens is 5. The summed E-state index contributed by atoms with van der Waals surface area (Å²) in [5.41, 5.74) is -0.353. The molecule has 2 nitrogen and oxygen atoms in total. The van der Waals surface area contributed by atoms with Gasteiger partial charge in [-0.1, -0.05) is 11.6 Å². The number of nitrogens with one attached hydrogen (secondary N) is 1. The molecule has 2 rings (SSSR count). The largest absolute Gasteiger partial charge is 0.417 e. The second-order valence-electron chi connectivity index (χ2n) is 3.81. The van der Waals surface area contributed by atoms with Crippen LogP contribution in [0.3, 0.4) is 0 Å². The van der Waals surface area contributed by atoms with E-state index in [2.05, 4.69) is 10.3 Å². The third-order valence-corrected chi connectivity index (χ3v) is 2.71. The van der Waals surface area contributed by atoms with E-state index in [1.54, 1.807) is 0 Å². The standard InChI is InChI=1S/C10H10ClF3N2.ClH/c11-8-3-6(10(12,13)14)4-16-9(8)5-15-7-1-2-7;/h3-4,7,15H,1-2,5H2;1H. The van der Waals surface area contributed by atoms with Crippen molar-refractivity contribution in [1.29, 1.82) is 0 Å². The van der Waals surface area contributed by atoms with Gasteiger partial charge in [-0.15, -0.1) is 12.4 Å². The van der Waals surface area contributed by atoms with E-state index in [0.29, 0.717) is 18.3 Å². The number of nitrogens with zero attached hydrogens (tertiary/aromatic N) is 1. The van der Waals surface area contributed by atoms with E-state index in [1.165, 1.54) is 0 Å². The molecular weight excluding hydrogens is 276 g/mol. The average molecular weight is 287 g/mol. The van der Waals surface area contributed by atoms with E-state index >= 15 is 0 Å². The van der Waals surface area contributed by atoms with Gasteiger partial charge in [-0.2, -0.15) is 13.2 Å². The normalized spacial score (nSPS) is 15.5. The minimum atomic E-state index is -4.39. The Hall–Kier alpha value is -0.520. The predicted octanol–water partition coefficient (Wildman–Crippen LogP) is 3.43. The zero-order valence-electron chi connectivity index (χ0n) is 8.72. The number of aromatic nitrogens is 1. The fourth-order valence-corrected chi connectivity index (χ4v) is 1.51. The molecule has 7 heteroatoms. The van der Waals surface area contributed by atoms with Crippen LogP contribution in [0.15, 0.2) is 12.3 Å². The Labute approximate surface area is 108 Å². The van der Waals surface area contributed by atoms with Gasteiger partial charge >= 0.3 is 6.18 Å². The molecule has 96 valence electrons. The fourth-order valence-electron chi connectivity index (χ4n) is 1.28. The molecule has 0 aromatic carbocycles. The van der Waals surface area contributed by atoms with E-state index in [0.717, 1.165) is 25.1 Å². The molecule has 1 saturated carbocycles. The molecule has 1 N–H and O–H groups in total. The van der Waals surface area contributed by atoms with Crippen LogP contribution in [0.1, 0.15) is 24.1 Å². The molecule has 0 unspecified atom stereocenters. The van der Waals surface area contributed by atoms with Crippen LogP contribution in [0.4, 0.5) is 13.2 Å². The van der Waals surface area contributed by atoms with Gasteiger partial charge in [0, 0.05) is 18.8 Å². The summed E-state index contributed by atoms with van der Waals surface area (Å²) in [6.45, 7) is 0.418. The zero-order valence-corrected chi connectivity index (χ0v) is 10.3. The van der Waals surface area contributed by atoms with Crippen molar-refractivity contribution in [2.24, 2.45) is 0 Å². The number of pyridine rings is 1. The van der Waals surface area contributed by atoms with Crippen LogP contribution in [0.2, 0.25) is 5.02 Å². The molecule has 17 heavy (non-hydrogen) atoms. The average Bonchev–Trinajstić information content (AvgIpc) is 2.98. The van der Waals surface area contributed by atoms with Gasteiger partial charge in [0.25, 0.3) is 0 Å². The van der Waals surface area contributed by atoms with Crippen LogP contribution < -0.4 is 5.32 Å². The van der Waals surface area contributed by atoms with Gasteiger partial charge in [0.15, 0.2) is 0 Å². The lowest BCUT2D eigenvalue weighted by molar-refractivity contribution is -0.137. The summed E-state index contributed by atoms with van der Waals surface area (Å²) >= 11 is 5.74. The van der Waals surface area contributed by atoms with Gasteiger partial charge in [-0.05, 0) is 18.9 Å². The van der Waals surface area contributed by atoms with E-state index in [4.69, 9.17) is 11.6 Å². The molecule has 0 radical (unpaired) electrons. The van der Waals surface area contributed by atoms with Crippen LogP contribution >= 0.6 is 24.0 Å². The molecule has 0 saturated heterocycles. The highest BCUT2D eigenvalue weighted by molar-refractivity contribution is 6.31. The number of alkyl halides is 3. The molecule has 0 aliphatic heterocycles. The van der Waals surface area contributed by atoms with Crippen LogP contribution in [0, 0.1) is 0 Å². The Morgan fingerprint density at radius 2 is 2.06 bits per heavy atom. The molecular formula is C10H11Cl2F3N2. The van der Waals surface area contributed by atoms with Crippen molar-refractivity contribution in [2.45, 2.75) is 31.6 Å². The number of hydrogen-bond acceptors (Lipinski definition) is 2. The fraction of sp³-hybridized carbons (Fsp3) is 0.500. The lowest BCUT2D eigenvalue weighted by Crippen LogP contribution is -2.17. The van der Waals surface area contributed by atoms with E-state index in [1.807, 2.05) is 0 Å². The van der Waals surface area contributed by atoms with Crippen LogP contribution in [0.5, 0.6) is 0 Å². The molecule has 0 atom stereocenters. The third-order valence-electron chi connectivity index (χ3n) is 2.38. The maximum Gasteiger partial charge on any atom is 0.417 e. The summed E-state index contributed by atoms with van der Waals surface area (Å²) in [7, 11) is 0. The first kappa shape index (κ1) is 14.5. The summed E-state index contributed by atoms with van der Waals surface area (Å²) in [4.78, 5) is 3.73. The summed E-state index contributed by atoms with van der Waals surface area (Å²) < 4.78 is 36.9. The minimum absolute atomic E-state index is 0. The first-order chi connectivity index (χ1) is 7.47. The van der Waals surface area contributed by atoms with Crippen molar-refractivity contribution in [2.75, 3.05) is 0 Å². The highest BCUT2D eigenvalue weighted by atomic mass is 35.5. The molecule has 0 amide bonds. The molecule has 0 spiro atoms. The Morgan fingerprint density at radius 3 is 2.53 bits per heavy atom. The second-order valence-corrected chi connectivity index (χ2v) is 4.21. The van der Waals surface area contributed by atoms with Crippen molar-refractivity contribution < 1.29 is 13.2 Å². The highest BCUT2D eigenvalue weighted by Gasteiger charge is 2.31. The second kappa shape index (κ2) is 5.42. The quantitative estimate of drug-likeness (QED) is 0.921. The lowest BCUT2D eigenvalue weighted by Gasteiger charge is -2.09. The monoisotopic (exact) mass is 286 g/mol. The Bertz CT molecular complexity index is 392. The summed E-state index contributed by atoms with van der Waals surface area (Å²) in [6.07, 6.45) is -1.36. The lowest BCUT2D eigenvalue weighted by atomic mass is 10.2. The maximum absolute atomic E-state index is 12.3. The molecule has 1 aliphatic carbocycles. The molecule has 1 aromatic heterocycles. The minimum Gasteiger partial charge on any atom is -0.308 e. The molecule has 1 aromatic rings. The van der Waals surface area contributed by atoms with Crippen molar-refractivity contribution in [1.82, 2.24) is 10.3 Å². The summed E-state index contributed by atoms with van der Waals surface area (Å²) in [5.74, 6) is 0. The van der Waals surface area contributed by atoms with Gasteiger partial charge < -0.3 is 5.32 Å². The van der Waals surface area contributed by atoms with Gasteiger partial charge in [-0.25, -0.2) is 0 Å². The number of rotatable bonds is 3. The number of hydrogen-bond donors (Lipinski definition) is 1. The van der Waals surface area contributed by atoms with Gasteiger partial charge in [0.2, 0.25) is 0 Å². The van der Waals surface area contributed by atoms with Crippen molar-refractivity contribution in [3.05, 3.63) is 28.5 Å². The smallest absolute Gasteiger partial charge is 0.308 e. The van der Waals surface area contributed by atoms with E-state index in [-0.39, 0.29) is 17.4 Å². The van der Waals surface area contributed by atoms with Crippen molar-refractivity contribution in [3.8, 4) is 0 Å². The van der Waals surface area contributed by atoms with Gasteiger partial charge in [-0.3, -0.25) is 4.98 Å². The summed E-state index contributed by atoms with van der Waals surface area (Å²) in [6, 6.07) is 1.39. The highest BCUT2D eigenvalue weighted by Crippen LogP contribution is 2.31. The van der Waals surface area contributed by atoms with Crippen LogP contribution in [-0.2, 0) is 12.7 Å². The predicted molar refractivity (Wildman–Crippen MR) is 61.4 cm³/mol. The maximum atomic E-state index is 12.3. The first-order valence-corrected chi connectivity index (χ1v) is 5.29. The summed E-state index contributed by atoms with van der Waals surface area (Å²) in [5, 5.41) is 3.20. The van der Waals surface area contributed by atoms with Crippen molar-refractivity contribution in [3.63, 3.8) is 0 Å². The molecule has 1 aliphatic rings. The molecule has 1 heterocycles. The molecule has 0 bridgehead atoms. The topological polar surface area (TPSA) is 24.9 Å². The van der Waals surface area contributed by atoms with E-state index < -0.39 is 11.7 Å². The SMILES string of the molecule is Cl.FC(F)(F)c1cnc(CNC2CC2)c(Cl)c1. The van der Waals surface area contributed by atoms with Gasteiger partial charge in [0.1, 0.15) is 0 Å².